The van der Waals surface area contributed by atoms with Gasteiger partial charge < -0.3 is 13.7 Å². The van der Waals surface area contributed by atoms with Gasteiger partial charge in [-0.05, 0) is 75.6 Å². The molecule has 7 aromatic rings. The van der Waals surface area contributed by atoms with Crippen molar-refractivity contribution in [1.29, 1.82) is 0 Å². The summed E-state index contributed by atoms with van der Waals surface area (Å²) in [7, 11) is -0.403. The molecule has 186 valence electrons. The summed E-state index contributed by atoms with van der Waals surface area (Å²) in [5.74, 6) is 0. The van der Waals surface area contributed by atoms with Crippen LogP contribution in [0, 0.1) is 0 Å². The van der Waals surface area contributed by atoms with E-state index >= 15 is 0 Å². The molecule has 0 amide bonds. The first kappa shape index (κ1) is 22.7. The highest BCUT2D eigenvalue weighted by Crippen LogP contribution is 2.42. The highest BCUT2D eigenvalue weighted by atomic mass is 32.1. The Morgan fingerprint density at radius 2 is 1.47 bits per heavy atom. The van der Waals surface area contributed by atoms with Crippen LogP contribution in [0.25, 0.3) is 62.9 Å². The molecular formula is C31H24BNO3S2. The minimum absolute atomic E-state index is 0.385. The van der Waals surface area contributed by atoms with E-state index in [0.29, 0.717) is 0 Å². The first-order valence-electron chi connectivity index (χ1n) is 12.8. The standard InChI is InChI=1S/C31H24BNO3S2/c1-30(2)31(3,4)36-32(35-30)21-9-7-11-25-28(21)20-15-22-27(16-26(20)37-25)38-29(33-22)17-12-13-24-19(14-17)18-8-5-6-10-23(18)34-24/h5-16H,1-4H3. The van der Waals surface area contributed by atoms with Crippen LogP contribution in [0.15, 0.2) is 77.2 Å². The van der Waals surface area contributed by atoms with Crippen LogP contribution in [0.3, 0.4) is 0 Å². The van der Waals surface area contributed by atoms with E-state index in [1.807, 2.05) is 23.5 Å². The SMILES string of the molecule is CC1(C)OB(c2cccc3sc4cc5sc(-c6ccc7oc8ccccc8c7c6)nc5cc4c23)OC1(C)C. The number of nitrogens with zero attached hydrogens (tertiary/aromatic N) is 1. The third-order valence-corrected chi connectivity index (χ3v) is 10.4. The van der Waals surface area contributed by atoms with Gasteiger partial charge in [-0.3, -0.25) is 0 Å². The molecule has 1 fully saturated rings. The van der Waals surface area contributed by atoms with Gasteiger partial charge in [-0.1, -0.05) is 30.3 Å². The topological polar surface area (TPSA) is 44.5 Å². The molecule has 4 heterocycles. The summed E-state index contributed by atoms with van der Waals surface area (Å²) in [4.78, 5) is 5.09. The largest absolute Gasteiger partial charge is 0.495 e. The Labute approximate surface area is 227 Å². The van der Waals surface area contributed by atoms with Crippen LogP contribution in [0.4, 0.5) is 0 Å². The molecule has 0 spiro atoms. The predicted octanol–water partition coefficient (Wildman–Crippen LogP) is 8.53. The van der Waals surface area contributed by atoms with Crippen LogP contribution in [0.1, 0.15) is 27.7 Å². The molecule has 3 aromatic heterocycles. The fourth-order valence-corrected chi connectivity index (χ4v) is 7.64. The molecule has 8 rings (SSSR count). The number of rotatable bonds is 2. The van der Waals surface area contributed by atoms with Gasteiger partial charge in [0.1, 0.15) is 16.2 Å². The minimum Gasteiger partial charge on any atom is -0.456 e. The van der Waals surface area contributed by atoms with Crippen molar-refractivity contribution >= 4 is 87.6 Å². The maximum atomic E-state index is 6.45. The van der Waals surface area contributed by atoms with Gasteiger partial charge in [-0.15, -0.1) is 22.7 Å². The second-order valence-electron chi connectivity index (χ2n) is 11.1. The number of para-hydroxylation sites is 1. The molecule has 4 nitrogen and oxygen atoms in total. The van der Waals surface area contributed by atoms with Gasteiger partial charge in [0.15, 0.2) is 0 Å². The quantitative estimate of drug-likeness (QED) is 0.209. The summed E-state index contributed by atoms with van der Waals surface area (Å²) in [6.45, 7) is 8.40. The summed E-state index contributed by atoms with van der Waals surface area (Å²) in [5, 5.41) is 5.68. The van der Waals surface area contributed by atoms with Gasteiger partial charge in [-0.25, -0.2) is 4.98 Å². The van der Waals surface area contributed by atoms with E-state index in [1.165, 1.54) is 24.9 Å². The Morgan fingerprint density at radius 3 is 2.32 bits per heavy atom. The molecule has 4 aromatic carbocycles. The summed E-state index contributed by atoms with van der Waals surface area (Å²) < 4.78 is 22.6. The molecule has 38 heavy (non-hydrogen) atoms. The Hall–Kier alpha value is -3.23. The zero-order chi connectivity index (χ0) is 25.8. The lowest BCUT2D eigenvalue weighted by Crippen LogP contribution is -2.41. The number of thiazole rings is 1. The third-order valence-electron chi connectivity index (χ3n) is 8.17. The Morgan fingerprint density at radius 1 is 0.684 bits per heavy atom. The van der Waals surface area contributed by atoms with Crippen LogP contribution < -0.4 is 5.46 Å². The van der Waals surface area contributed by atoms with E-state index in [1.54, 1.807) is 11.3 Å². The van der Waals surface area contributed by atoms with Crippen LogP contribution >= 0.6 is 22.7 Å². The van der Waals surface area contributed by atoms with Gasteiger partial charge >= 0.3 is 7.12 Å². The molecule has 0 radical (unpaired) electrons. The van der Waals surface area contributed by atoms with Crippen LogP contribution in [-0.4, -0.2) is 23.3 Å². The molecule has 0 aliphatic carbocycles. The van der Waals surface area contributed by atoms with E-state index in [9.17, 15) is 0 Å². The zero-order valence-corrected chi connectivity index (χ0v) is 23.1. The molecule has 0 bridgehead atoms. The van der Waals surface area contributed by atoms with Crippen LogP contribution in [0.5, 0.6) is 0 Å². The lowest BCUT2D eigenvalue weighted by molar-refractivity contribution is 0.00578. The molecule has 1 aliphatic heterocycles. The molecule has 1 aliphatic rings. The average molecular weight is 533 g/mol. The predicted molar refractivity (Wildman–Crippen MR) is 161 cm³/mol. The van der Waals surface area contributed by atoms with E-state index in [0.717, 1.165) is 43.5 Å². The number of aromatic nitrogens is 1. The van der Waals surface area contributed by atoms with Crippen molar-refractivity contribution in [3.8, 4) is 10.6 Å². The fraction of sp³-hybridized carbons (Fsp3) is 0.194. The monoisotopic (exact) mass is 533 g/mol. The van der Waals surface area contributed by atoms with Gasteiger partial charge in [0.2, 0.25) is 0 Å². The fourth-order valence-electron chi connectivity index (χ4n) is 5.42. The van der Waals surface area contributed by atoms with Crippen molar-refractivity contribution in [2.45, 2.75) is 38.9 Å². The smallest absolute Gasteiger partial charge is 0.456 e. The van der Waals surface area contributed by atoms with Crippen molar-refractivity contribution in [1.82, 2.24) is 4.98 Å². The molecule has 0 N–H and O–H groups in total. The van der Waals surface area contributed by atoms with E-state index < -0.39 is 7.12 Å². The van der Waals surface area contributed by atoms with E-state index in [2.05, 4.69) is 88.4 Å². The lowest BCUT2D eigenvalue weighted by Gasteiger charge is -2.32. The third kappa shape index (κ3) is 3.19. The van der Waals surface area contributed by atoms with Crippen LogP contribution in [0.2, 0.25) is 0 Å². The maximum absolute atomic E-state index is 6.45. The Kier molecular flexibility index (Phi) is 4.59. The van der Waals surface area contributed by atoms with Crippen molar-refractivity contribution in [3.05, 3.63) is 72.8 Å². The second-order valence-corrected chi connectivity index (χ2v) is 13.2. The van der Waals surface area contributed by atoms with Gasteiger partial charge in [0.05, 0.1) is 21.4 Å². The zero-order valence-electron chi connectivity index (χ0n) is 21.5. The first-order valence-corrected chi connectivity index (χ1v) is 14.4. The van der Waals surface area contributed by atoms with Crippen molar-refractivity contribution in [2.75, 3.05) is 0 Å². The number of hydrogen-bond acceptors (Lipinski definition) is 6. The molecule has 0 unspecified atom stereocenters. The van der Waals surface area contributed by atoms with Crippen molar-refractivity contribution < 1.29 is 13.7 Å². The van der Waals surface area contributed by atoms with Gasteiger partial charge in [0, 0.05) is 36.5 Å². The molecular weight excluding hydrogens is 509 g/mol. The number of furan rings is 1. The Balaban J connectivity index is 1.28. The number of thiophene rings is 1. The summed E-state index contributed by atoms with van der Waals surface area (Å²) in [6, 6.07) is 25.5. The normalized spacial score (nSPS) is 17.1. The number of hydrogen-bond donors (Lipinski definition) is 0. The summed E-state index contributed by atoms with van der Waals surface area (Å²) in [5.41, 5.74) is 4.25. The molecule has 7 heteroatoms. The van der Waals surface area contributed by atoms with Crippen LogP contribution in [-0.2, 0) is 9.31 Å². The highest BCUT2D eigenvalue weighted by molar-refractivity contribution is 7.27. The lowest BCUT2D eigenvalue weighted by atomic mass is 9.76. The minimum atomic E-state index is -0.403. The average Bonchev–Trinajstić information content (AvgIpc) is 3.62. The summed E-state index contributed by atoms with van der Waals surface area (Å²) >= 11 is 3.55. The van der Waals surface area contributed by atoms with Gasteiger partial charge in [0.25, 0.3) is 0 Å². The second kappa shape index (κ2) is 7.67. The highest BCUT2D eigenvalue weighted by Gasteiger charge is 2.52. The summed E-state index contributed by atoms with van der Waals surface area (Å²) in [6.07, 6.45) is 0. The molecule has 0 saturated carbocycles. The first-order chi connectivity index (χ1) is 18.3. The van der Waals surface area contributed by atoms with E-state index in [-0.39, 0.29) is 11.2 Å². The Bertz CT molecular complexity index is 2050. The maximum Gasteiger partial charge on any atom is 0.495 e. The van der Waals surface area contributed by atoms with Crippen molar-refractivity contribution in [2.24, 2.45) is 0 Å². The van der Waals surface area contributed by atoms with Crippen molar-refractivity contribution in [3.63, 3.8) is 0 Å². The molecule has 0 atom stereocenters. The van der Waals surface area contributed by atoms with Gasteiger partial charge in [-0.2, -0.15) is 0 Å². The number of benzene rings is 4. The van der Waals surface area contributed by atoms with E-state index in [4.69, 9.17) is 18.7 Å². The molecule has 1 saturated heterocycles. The number of fused-ring (bicyclic) bond motifs is 7.